The van der Waals surface area contributed by atoms with Crippen molar-refractivity contribution in [1.29, 1.82) is 0 Å². The SMILES string of the molecule is CC(Cl)c1nc2ccc(F)cc2n1CC1(C)CCCO1. The van der Waals surface area contributed by atoms with Gasteiger partial charge >= 0.3 is 0 Å². The summed E-state index contributed by atoms with van der Waals surface area (Å²) in [5.41, 5.74) is 1.33. The number of fused-ring (bicyclic) bond motifs is 1. The van der Waals surface area contributed by atoms with Gasteiger partial charge in [0.05, 0.1) is 28.6 Å². The van der Waals surface area contributed by atoms with Crippen LogP contribution in [0.1, 0.15) is 37.9 Å². The Hall–Kier alpha value is -1.13. The van der Waals surface area contributed by atoms with Crippen molar-refractivity contribution in [2.24, 2.45) is 0 Å². The lowest BCUT2D eigenvalue weighted by atomic mass is 10.0. The maximum atomic E-state index is 13.5. The van der Waals surface area contributed by atoms with Gasteiger partial charge in [-0.15, -0.1) is 11.6 Å². The monoisotopic (exact) mass is 296 g/mol. The van der Waals surface area contributed by atoms with E-state index in [2.05, 4.69) is 11.9 Å². The fourth-order valence-corrected chi connectivity index (χ4v) is 3.05. The van der Waals surface area contributed by atoms with Gasteiger partial charge in [-0.1, -0.05) is 0 Å². The van der Waals surface area contributed by atoms with Crippen molar-refractivity contribution in [2.45, 2.75) is 44.2 Å². The molecule has 1 aliphatic rings. The Morgan fingerprint density at radius 1 is 1.55 bits per heavy atom. The third kappa shape index (κ3) is 2.42. The standard InChI is InChI=1S/C15H18ClFN2O/c1-10(16)14-18-12-5-4-11(17)8-13(12)19(14)9-15(2)6-3-7-20-15/h4-5,8,10H,3,6-7,9H2,1-2H3. The molecule has 0 aliphatic carbocycles. The molecule has 1 aromatic heterocycles. The number of alkyl halides is 1. The summed E-state index contributed by atoms with van der Waals surface area (Å²) in [5.74, 6) is 0.508. The normalized spacial score (nSPS) is 24.4. The van der Waals surface area contributed by atoms with Gasteiger partial charge in [-0.25, -0.2) is 9.37 Å². The largest absolute Gasteiger partial charge is 0.373 e. The minimum Gasteiger partial charge on any atom is -0.373 e. The zero-order valence-corrected chi connectivity index (χ0v) is 12.5. The Kier molecular flexibility index (Phi) is 3.46. The summed E-state index contributed by atoms with van der Waals surface area (Å²) in [6.45, 7) is 5.41. The number of hydrogen-bond acceptors (Lipinski definition) is 2. The second-order valence-electron chi connectivity index (χ2n) is 5.71. The van der Waals surface area contributed by atoms with Crippen LogP contribution >= 0.6 is 11.6 Å². The van der Waals surface area contributed by atoms with E-state index >= 15 is 0 Å². The zero-order valence-electron chi connectivity index (χ0n) is 11.7. The van der Waals surface area contributed by atoms with Gasteiger partial charge in [0, 0.05) is 6.61 Å². The van der Waals surface area contributed by atoms with Crippen molar-refractivity contribution in [3.63, 3.8) is 0 Å². The van der Waals surface area contributed by atoms with Crippen LogP contribution in [0.2, 0.25) is 0 Å². The number of nitrogens with zero attached hydrogens (tertiary/aromatic N) is 2. The first-order valence-corrected chi connectivity index (χ1v) is 7.36. The lowest BCUT2D eigenvalue weighted by molar-refractivity contribution is 0.00648. The van der Waals surface area contributed by atoms with Gasteiger partial charge in [-0.2, -0.15) is 0 Å². The highest BCUT2D eigenvalue weighted by molar-refractivity contribution is 6.20. The molecule has 3 rings (SSSR count). The quantitative estimate of drug-likeness (QED) is 0.799. The molecule has 108 valence electrons. The van der Waals surface area contributed by atoms with Gasteiger partial charge in [-0.3, -0.25) is 0 Å². The van der Waals surface area contributed by atoms with Crippen molar-refractivity contribution >= 4 is 22.6 Å². The van der Waals surface area contributed by atoms with E-state index in [1.807, 2.05) is 11.5 Å². The van der Waals surface area contributed by atoms with Gasteiger partial charge < -0.3 is 9.30 Å². The molecule has 1 aliphatic heterocycles. The summed E-state index contributed by atoms with van der Waals surface area (Å²) in [4.78, 5) is 4.54. The molecule has 0 saturated carbocycles. The van der Waals surface area contributed by atoms with E-state index in [0.717, 1.165) is 36.3 Å². The fraction of sp³-hybridized carbons (Fsp3) is 0.533. The fourth-order valence-electron chi connectivity index (χ4n) is 2.88. The summed E-state index contributed by atoms with van der Waals surface area (Å²) in [5, 5.41) is -0.226. The molecule has 0 radical (unpaired) electrons. The third-order valence-corrected chi connectivity index (χ3v) is 4.08. The van der Waals surface area contributed by atoms with E-state index in [4.69, 9.17) is 16.3 Å². The Bertz CT molecular complexity index is 632. The molecule has 2 unspecified atom stereocenters. The van der Waals surface area contributed by atoms with Crippen molar-refractivity contribution in [2.75, 3.05) is 6.61 Å². The number of rotatable bonds is 3. The van der Waals surface area contributed by atoms with Crippen molar-refractivity contribution in [1.82, 2.24) is 9.55 Å². The van der Waals surface area contributed by atoms with Crippen molar-refractivity contribution < 1.29 is 9.13 Å². The Morgan fingerprint density at radius 2 is 2.35 bits per heavy atom. The summed E-state index contributed by atoms with van der Waals surface area (Å²) in [6.07, 6.45) is 2.06. The van der Waals surface area contributed by atoms with Crippen LogP contribution in [-0.4, -0.2) is 21.8 Å². The molecule has 2 heterocycles. The molecule has 0 N–H and O–H groups in total. The Morgan fingerprint density at radius 3 is 3.00 bits per heavy atom. The van der Waals surface area contributed by atoms with E-state index in [1.165, 1.54) is 12.1 Å². The highest BCUT2D eigenvalue weighted by Gasteiger charge is 2.32. The average molecular weight is 297 g/mol. The number of aromatic nitrogens is 2. The van der Waals surface area contributed by atoms with Crippen molar-refractivity contribution in [3.05, 3.63) is 29.8 Å². The maximum absolute atomic E-state index is 13.5. The lowest BCUT2D eigenvalue weighted by Gasteiger charge is -2.25. The van der Waals surface area contributed by atoms with E-state index in [1.54, 1.807) is 6.07 Å². The number of halogens is 2. The van der Waals surface area contributed by atoms with Crippen LogP contribution in [0.3, 0.4) is 0 Å². The highest BCUT2D eigenvalue weighted by Crippen LogP contribution is 2.32. The van der Waals surface area contributed by atoms with Crippen LogP contribution in [0.4, 0.5) is 4.39 Å². The predicted octanol–water partition coefficient (Wildman–Crippen LogP) is 4.04. The van der Waals surface area contributed by atoms with Gasteiger partial charge in [0.15, 0.2) is 0 Å². The second kappa shape index (κ2) is 5.01. The molecule has 0 spiro atoms. The number of benzene rings is 1. The Labute approximate surface area is 122 Å². The molecule has 2 atom stereocenters. The van der Waals surface area contributed by atoms with Crippen LogP contribution in [0.15, 0.2) is 18.2 Å². The predicted molar refractivity (Wildman–Crippen MR) is 77.6 cm³/mol. The van der Waals surface area contributed by atoms with E-state index in [9.17, 15) is 4.39 Å². The molecule has 0 amide bonds. The summed E-state index contributed by atoms with van der Waals surface area (Å²) < 4.78 is 21.4. The van der Waals surface area contributed by atoms with Crippen LogP contribution in [0.5, 0.6) is 0 Å². The topological polar surface area (TPSA) is 27.1 Å². The first-order chi connectivity index (χ1) is 9.48. The summed E-state index contributed by atoms with van der Waals surface area (Å²) >= 11 is 6.23. The molecule has 2 aromatic rings. The molecule has 0 bridgehead atoms. The molecule has 20 heavy (non-hydrogen) atoms. The van der Waals surface area contributed by atoms with E-state index in [-0.39, 0.29) is 16.8 Å². The van der Waals surface area contributed by atoms with E-state index < -0.39 is 0 Å². The molecule has 1 fully saturated rings. The smallest absolute Gasteiger partial charge is 0.127 e. The van der Waals surface area contributed by atoms with E-state index in [0.29, 0.717) is 6.54 Å². The third-order valence-electron chi connectivity index (χ3n) is 3.89. The van der Waals surface area contributed by atoms with Gasteiger partial charge in [0.1, 0.15) is 11.6 Å². The first-order valence-electron chi connectivity index (χ1n) is 6.92. The average Bonchev–Trinajstić information content (AvgIpc) is 2.95. The van der Waals surface area contributed by atoms with Crippen LogP contribution in [0, 0.1) is 5.82 Å². The zero-order chi connectivity index (χ0) is 14.3. The number of hydrogen-bond donors (Lipinski definition) is 0. The number of imidazole rings is 1. The van der Waals surface area contributed by atoms with Gasteiger partial charge in [0.2, 0.25) is 0 Å². The van der Waals surface area contributed by atoms with Crippen LogP contribution < -0.4 is 0 Å². The van der Waals surface area contributed by atoms with Crippen LogP contribution in [0.25, 0.3) is 11.0 Å². The molecule has 5 heteroatoms. The summed E-state index contributed by atoms with van der Waals surface area (Å²) in [6, 6.07) is 4.64. The second-order valence-corrected chi connectivity index (χ2v) is 6.36. The maximum Gasteiger partial charge on any atom is 0.127 e. The molecule has 1 saturated heterocycles. The molecular formula is C15H18ClFN2O. The lowest BCUT2D eigenvalue weighted by Crippen LogP contribution is -2.30. The Balaban J connectivity index is 2.10. The molecule has 1 aromatic carbocycles. The van der Waals surface area contributed by atoms with Crippen molar-refractivity contribution in [3.8, 4) is 0 Å². The van der Waals surface area contributed by atoms with Gasteiger partial charge in [-0.05, 0) is 44.9 Å². The summed E-state index contributed by atoms with van der Waals surface area (Å²) in [7, 11) is 0. The van der Waals surface area contributed by atoms with Crippen LogP contribution in [-0.2, 0) is 11.3 Å². The highest BCUT2D eigenvalue weighted by atomic mass is 35.5. The number of ether oxygens (including phenoxy) is 1. The molecule has 3 nitrogen and oxygen atoms in total. The first kappa shape index (κ1) is 13.8. The van der Waals surface area contributed by atoms with Gasteiger partial charge in [0.25, 0.3) is 0 Å². The minimum absolute atomic E-state index is 0.222. The minimum atomic E-state index is -0.259. The molecular weight excluding hydrogens is 279 g/mol.